The molecule has 0 heterocycles. The van der Waals surface area contributed by atoms with Crippen LogP contribution < -0.4 is 9.62 Å². The molecule has 7 heteroatoms. The lowest BCUT2D eigenvalue weighted by Gasteiger charge is -2.57. The number of halogens is 1. The lowest BCUT2D eigenvalue weighted by Crippen LogP contribution is -2.48. The smallest absolute Gasteiger partial charge is 0.245 e. The first-order valence-corrected chi connectivity index (χ1v) is 14.0. The number of nitrogens with one attached hydrogen (secondary N) is 1. The predicted octanol–water partition coefficient (Wildman–Crippen LogP) is 5.52. The predicted molar refractivity (Wildman–Crippen MR) is 133 cm³/mol. The Kier molecular flexibility index (Phi) is 5.73. The van der Waals surface area contributed by atoms with Crippen molar-refractivity contribution in [2.24, 2.45) is 17.8 Å². The third-order valence-electron chi connectivity index (χ3n) is 7.95. The molecule has 0 spiro atoms. The van der Waals surface area contributed by atoms with E-state index in [1.54, 1.807) is 12.1 Å². The molecule has 0 atom stereocenters. The number of nitrogens with zero attached hydrogens (tertiary/aromatic N) is 1. The fraction of sp³-hybridized carbons (Fsp3) is 0.500. The number of anilines is 2. The molecule has 0 radical (unpaired) electrons. The minimum Gasteiger partial charge on any atom is -0.324 e. The van der Waals surface area contributed by atoms with E-state index in [0.29, 0.717) is 16.4 Å². The molecule has 0 saturated heterocycles. The number of sulfonamides is 1. The highest BCUT2D eigenvalue weighted by Gasteiger charge is 2.51. The van der Waals surface area contributed by atoms with Crippen LogP contribution in [0.5, 0.6) is 0 Å². The summed E-state index contributed by atoms with van der Waals surface area (Å²) < 4.78 is 26.3. The number of benzene rings is 2. The Bertz CT molecular complexity index is 1140. The Morgan fingerprint density at radius 2 is 1.61 bits per heavy atom. The molecule has 0 aliphatic heterocycles. The molecule has 33 heavy (non-hydrogen) atoms. The van der Waals surface area contributed by atoms with Crippen molar-refractivity contribution < 1.29 is 13.2 Å². The maximum absolute atomic E-state index is 12.7. The Morgan fingerprint density at radius 3 is 2.12 bits per heavy atom. The van der Waals surface area contributed by atoms with Crippen LogP contribution >= 0.6 is 11.6 Å². The number of carbonyl (C=O) groups excluding carboxylic acids is 1. The average Bonchev–Trinajstić information content (AvgIpc) is 2.73. The Labute approximate surface area is 201 Å². The van der Waals surface area contributed by atoms with Crippen molar-refractivity contribution >= 4 is 38.9 Å². The van der Waals surface area contributed by atoms with E-state index >= 15 is 0 Å². The second kappa shape index (κ2) is 8.31. The SMILES string of the molecule is Cc1ccc(NC(=O)CN(c2ccc(C34CC5CC(CC(C5)C3)C4)cc2)S(C)(=O)=O)cc1Cl. The van der Waals surface area contributed by atoms with Gasteiger partial charge in [-0.05, 0) is 104 Å². The summed E-state index contributed by atoms with van der Waals surface area (Å²) in [6.07, 6.45) is 9.08. The summed E-state index contributed by atoms with van der Waals surface area (Å²) in [5.74, 6) is 2.14. The largest absolute Gasteiger partial charge is 0.324 e. The van der Waals surface area contributed by atoms with Crippen LogP contribution in [0.4, 0.5) is 11.4 Å². The zero-order valence-corrected chi connectivity index (χ0v) is 20.8. The quantitative estimate of drug-likeness (QED) is 0.584. The van der Waals surface area contributed by atoms with E-state index in [2.05, 4.69) is 17.4 Å². The molecule has 1 amide bonds. The van der Waals surface area contributed by atoms with Crippen LogP contribution in [0.15, 0.2) is 42.5 Å². The van der Waals surface area contributed by atoms with Gasteiger partial charge in [0.1, 0.15) is 6.54 Å². The minimum atomic E-state index is -3.63. The molecule has 2 aromatic rings. The van der Waals surface area contributed by atoms with Crippen LogP contribution in [-0.4, -0.2) is 27.1 Å². The number of hydrogen-bond donors (Lipinski definition) is 1. The molecule has 4 fully saturated rings. The van der Waals surface area contributed by atoms with Crippen LogP contribution in [0.1, 0.15) is 49.7 Å². The molecule has 0 aromatic heterocycles. The van der Waals surface area contributed by atoms with Crippen LogP contribution in [0.25, 0.3) is 0 Å². The van der Waals surface area contributed by atoms with Crippen LogP contribution in [0, 0.1) is 24.7 Å². The fourth-order valence-electron chi connectivity index (χ4n) is 6.85. The molecule has 4 aliphatic rings. The van der Waals surface area contributed by atoms with Gasteiger partial charge >= 0.3 is 0 Å². The van der Waals surface area contributed by atoms with Crippen LogP contribution in [-0.2, 0) is 20.2 Å². The normalized spacial score (nSPS) is 28.0. The number of carbonyl (C=O) groups is 1. The van der Waals surface area contributed by atoms with E-state index in [-0.39, 0.29) is 12.0 Å². The van der Waals surface area contributed by atoms with Crippen molar-refractivity contribution in [1.82, 2.24) is 0 Å². The van der Waals surface area contributed by atoms with Crippen molar-refractivity contribution in [2.45, 2.75) is 50.9 Å². The van der Waals surface area contributed by atoms with Gasteiger partial charge in [-0.3, -0.25) is 9.10 Å². The zero-order valence-electron chi connectivity index (χ0n) is 19.2. The molecule has 4 bridgehead atoms. The van der Waals surface area contributed by atoms with Gasteiger partial charge in [-0.15, -0.1) is 0 Å². The highest BCUT2D eigenvalue weighted by Crippen LogP contribution is 2.60. The van der Waals surface area contributed by atoms with E-state index in [1.165, 1.54) is 48.4 Å². The van der Waals surface area contributed by atoms with Gasteiger partial charge in [-0.2, -0.15) is 0 Å². The van der Waals surface area contributed by atoms with E-state index < -0.39 is 15.9 Å². The topological polar surface area (TPSA) is 66.5 Å². The Hall–Kier alpha value is -2.05. The first-order chi connectivity index (χ1) is 15.6. The summed E-state index contributed by atoms with van der Waals surface area (Å²) in [7, 11) is -3.63. The monoisotopic (exact) mass is 486 g/mol. The highest BCUT2D eigenvalue weighted by atomic mass is 35.5. The molecule has 176 valence electrons. The molecule has 5 nitrogen and oxygen atoms in total. The number of hydrogen-bond acceptors (Lipinski definition) is 3. The summed E-state index contributed by atoms with van der Waals surface area (Å²) in [4.78, 5) is 12.7. The second-order valence-corrected chi connectivity index (χ2v) is 12.8. The standard InChI is InChI=1S/C26H31ClN2O3S/c1-17-3-6-22(12-24(17)27)28-25(30)16-29(33(2,31)32)23-7-4-21(5-8-23)26-13-18-9-19(14-26)11-20(10-18)15-26/h3-8,12,18-20H,9-11,13-16H2,1-2H3,(H,28,30). The summed E-state index contributed by atoms with van der Waals surface area (Å²) in [5, 5.41) is 3.30. The van der Waals surface area contributed by atoms with Gasteiger partial charge < -0.3 is 5.32 Å². The summed E-state index contributed by atoms with van der Waals surface area (Å²) in [5.41, 5.74) is 3.55. The van der Waals surface area contributed by atoms with Crippen LogP contribution in [0.2, 0.25) is 5.02 Å². The number of aryl methyl sites for hydroxylation is 1. The summed E-state index contributed by atoms with van der Waals surface area (Å²) in [6, 6.07) is 13.2. The van der Waals surface area contributed by atoms with Crippen molar-refractivity contribution in [3.8, 4) is 0 Å². The zero-order chi connectivity index (χ0) is 23.4. The van der Waals surface area contributed by atoms with Crippen molar-refractivity contribution in [3.05, 3.63) is 58.6 Å². The lowest BCUT2D eigenvalue weighted by molar-refractivity contribution is -0.114. The average molecular weight is 487 g/mol. The van der Waals surface area contributed by atoms with Gasteiger partial charge in [0.2, 0.25) is 15.9 Å². The van der Waals surface area contributed by atoms with Gasteiger partial charge in [0.25, 0.3) is 0 Å². The maximum atomic E-state index is 12.7. The lowest BCUT2D eigenvalue weighted by atomic mass is 9.48. The molecule has 2 aromatic carbocycles. The summed E-state index contributed by atoms with van der Waals surface area (Å²) >= 11 is 6.14. The van der Waals surface area contributed by atoms with E-state index in [4.69, 9.17) is 11.6 Å². The molecule has 1 N–H and O–H groups in total. The Balaban J connectivity index is 1.34. The summed E-state index contributed by atoms with van der Waals surface area (Å²) in [6.45, 7) is 1.59. The van der Waals surface area contributed by atoms with Crippen molar-refractivity contribution in [3.63, 3.8) is 0 Å². The van der Waals surface area contributed by atoms with Gasteiger partial charge in [0.05, 0.1) is 11.9 Å². The Morgan fingerprint density at radius 1 is 1.03 bits per heavy atom. The molecule has 4 saturated carbocycles. The number of amides is 1. The van der Waals surface area contributed by atoms with Gasteiger partial charge in [0.15, 0.2) is 0 Å². The van der Waals surface area contributed by atoms with Crippen molar-refractivity contribution in [1.29, 1.82) is 0 Å². The minimum absolute atomic E-state index is 0.255. The first-order valence-electron chi connectivity index (χ1n) is 11.8. The first kappa shape index (κ1) is 22.7. The van der Waals surface area contributed by atoms with E-state index in [0.717, 1.165) is 29.6 Å². The third kappa shape index (κ3) is 4.52. The molecule has 6 rings (SSSR count). The highest BCUT2D eigenvalue weighted by molar-refractivity contribution is 7.92. The van der Waals surface area contributed by atoms with E-state index in [9.17, 15) is 13.2 Å². The van der Waals surface area contributed by atoms with Gasteiger partial charge in [0, 0.05) is 10.7 Å². The van der Waals surface area contributed by atoms with Crippen LogP contribution in [0.3, 0.4) is 0 Å². The number of rotatable bonds is 6. The van der Waals surface area contributed by atoms with Gasteiger partial charge in [-0.1, -0.05) is 29.8 Å². The molecule has 0 unspecified atom stereocenters. The van der Waals surface area contributed by atoms with Crippen molar-refractivity contribution in [2.75, 3.05) is 22.4 Å². The van der Waals surface area contributed by atoms with E-state index in [1.807, 2.05) is 25.1 Å². The fourth-order valence-corrected chi connectivity index (χ4v) is 7.88. The maximum Gasteiger partial charge on any atom is 0.245 e. The molecule has 4 aliphatic carbocycles. The molecular weight excluding hydrogens is 456 g/mol. The third-order valence-corrected chi connectivity index (χ3v) is 9.50. The molecular formula is C26H31ClN2O3S. The van der Waals surface area contributed by atoms with Gasteiger partial charge in [-0.25, -0.2) is 8.42 Å². The second-order valence-electron chi connectivity index (χ2n) is 10.5.